The van der Waals surface area contributed by atoms with Gasteiger partial charge in [0.1, 0.15) is 11.4 Å². The van der Waals surface area contributed by atoms with Crippen LogP contribution in [0.25, 0.3) is 0 Å². The maximum absolute atomic E-state index is 12.4. The molecule has 6 nitrogen and oxygen atoms in total. The van der Waals surface area contributed by atoms with Crippen LogP contribution in [0.5, 0.6) is 0 Å². The number of alkyl halides is 3. The third-order valence-corrected chi connectivity index (χ3v) is 2.84. The van der Waals surface area contributed by atoms with Crippen molar-refractivity contribution in [1.29, 1.82) is 0 Å². The Balaban J connectivity index is 3.23. The fraction of sp³-hybridized carbons (Fsp3) is 0.727. The average molecular weight is 335 g/mol. The summed E-state index contributed by atoms with van der Waals surface area (Å²) in [4.78, 5) is 12.1. The molecule has 0 unspecified atom stereocenters. The van der Waals surface area contributed by atoms with Crippen LogP contribution in [-0.4, -0.2) is 43.5 Å². The minimum absolute atomic E-state index is 0.0261. The highest BCUT2D eigenvalue weighted by atomic mass is 32.2. The van der Waals surface area contributed by atoms with Crippen LogP contribution in [0.3, 0.4) is 0 Å². The van der Waals surface area contributed by atoms with Crippen LogP contribution in [0, 0.1) is 0 Å². The molecule has 122 valence electrons. The molecule has 0 atom stereocenters. The Bertz CT molecular complexity index is 685. The van der Waals surface area contributed by atoms with Crippen LogP contribution in [0.1, 0.15) is 32.7 Å². The zero-order chi connectivity index (χ0) is 20.1. The molecule has 10 heteroatoms. The van der Waals surface area contributed by atoms with E-state index < -0.39 is 52.5 Å². The van der Waals surface area contributed by atoms with E-state index in [-0.39, 0.29) is 11.0 Å². The fourth-order valence-corrected chi connectivity index (χ4v) is 1.54. The number of ether oxygens (including phenoxy) is 1. The van der Waals surface area contributed by atoms with Gasteiger partial charge in [-0.3, -0.25) is 0 Å². The Kier molecular flexibility index (Phi) is 3.32. The molecular weight excluding hydrogens is 315 g/mol. The van der Waals surface area contributed by atoms with Crippen molar-refractivity contribution in [3.8, 4) is 0 Å². The summed E-state index contributed by atoms with van der Waals surface area (Å²) in [6.45, 7) is -1.57. The molecule has 1 rings (SSSR count). The summed E-state index contributed by atoms with van der Waals surface area (Å²) in [5, 5.41) is 0. The second-order valence-electron chi connectivity index (χ2n) is 4.87. The summed E-state index contributed by atoms with van der Waals surface area (Å²) in [5.74, 6) is -1.12. The molecule has 0 bridgehead atoms. The summed E-state index contributed by atoms with van der Waals surface area (Å²) in [6.07, 6.45) is -2.25. The molecule has 1 aliphatic rings. The minimum atomic E-state index is -6.10. The zero-order valence-corrected chi connectivity index (χ0v) is 12.1. The van der Waals surface area contributed by atoms with E-state index >= 15 is 0 Å². The minimum Gasteiger partial charge on any atom is -0.444 e. The number of nitrogens with zero attached hydrogens (tertiary/aromatic N) is 1. The summed E-state index contributed by atoms with van der Waals surface area (Å²) in [5.41, 5.74) is -6.86. The first kappa shape index (κ1) is 12.1. The van der Waals surface area contributed by atoms with E-state index in [0.29, 0.717) is 0 Å². The highest BCUT2D eigenvalue weighted by Gasteiger charge is 2.49. The predicted molar refractivity (Wildman–Crippen MR) is 66.6 cm³/mol. The highest BCUT2D eigenvalue weighted by molar-refractivity contribution is 7.87. The lowest BCUT2D eigenvalue weighted by Gasteiger charge is -2.29. The maximum atomic E-state index is 12.4. The van der Waals surface area contributed by atoms with Gasteiger partial charge in [0, 0.05) is 22.2 Å². The first-order valence-electron chi connectivity index (χ1n) is 7.54. The summed E-state index contributed by atoms with van der Waals surface area (Å²) < 4.78 is 98.6. The molecule has 0 aromatic carbocycles. The van der Waals surface area contributed by atoms with E-state index in [2.05, 4.69) is 4.18 Å². The standard InChI is InChI=1S/C11H16F3NO5S/c1-10(2,3)19-9(16)15-6-4-8(5-7-15)20-21(17,18)11(12,13)14/h4H,5-7H2,1-3H3/i6D2,7D2. The third kappa shape index (κ3) is 5.10. The number of carbonyl (C=O) groups is 1. The molecule has 21 heavy (non-hydrogen) atoms. The molecule has 0 N–H and O–H groups in total. The lowest BCUT2D eigenvalue weighted by atomic mass is 10.2. The lowest BCUT2D eigenvalue weighted by Crippen LogP contribution is -2.39. The molecule has 0 fully saturated rings. The summed E-state index contributed by atoms with van der Waals surface area (Å²) in [6, 6.07) is 0. The molecule has 0 spiro atoms. The van der Waals surface area contributed by atoms with Gasteiger partial charge in [0.05, 0.1) is 2.74 Å². The second kappa shape index (κ2) is 5.74. The van der Waals surface area contributed by atoms with E-state index in [1.807, 2.05) is 0 Å². The molecule has 1 amide bonds. The molecule has 0 saturated heterocycles. The van der Waals surface area contributed by atoms with Crippen molar-refractivity contribution in [3.05, 3.63) is 11.8 Å². The van der Waals surface area contributed by atoms with Crippen LogP contribution in [0.15, 0.2) is 11.8 Å². The molecule has 0 aromatic heterocycles. The topological polar surface area (TPSA) is 72.9 Å². The SMILES string of the molecule is [2H]C1([2H])C=C(OS(=O)(=O)C(F)(F)F)CC([2H])([2H])N1C(=O)OC(C)(C)C. The molecule has 1 aliphatic heterocycles. The van der Waals surface area contributed by atoms with E-state index in [4.69, 9.17) is 10.2 Å². The monoisotopic (exact) mass is 335 g/mol. The smallest absolute Gasteiger partial charge is 0.444 e. The summed E-state index contributed by atoms with van der Waals surface area (Å²) >= 11 is 0. The Hall–Kier alpha value is -1.45. The Morgan fingerprint density at radius 1 is 1.38 bits per heavy atom. The molecule has 0 aromatic rings. The van der Waals surface area contributed by atoms with Crippen molar-refractivity contribution >= 4 is 16.2 Å². The van der Waals surface area contributed by atoms with Gasteiger partial charge in [0.25, 0.3) is 0 Å². The number of hydrogen-bond acceptors (Lipinski definition) is 5. The van der Waals surface area contributed by atoms with Crippen LogP contribution in [0.2, 0.25) is 0 Å². The van der Waals surface area contributed by atoms with Gasteiger partial charge in [-0.25, -0.2) is 4.79 Å². The van der Waals surface area contributed by atoms with E-state index in [9.17, 15) is 26.4 Å². The average Bonchev–Trinajstić information content (AvgIpc) is 2.18. The first-order valence-corrected chi connectivity index (χ1v) is 6.95. The first-order chi connectivity index (χ1) is 10.8. The molecule has 1 heterocycles. The van der Waals surface area contributed by atoms with Gasteiger partial charge in [0.15, 0.2) is 0 Å². The summed E-state index contributed by atoms with van der Waals surface area (Å²) in [7, 11) is -6.10. The number of rotatable bonds is 2. The zero-order valence-electron chi connectivity index (χ0n) is 15.3. The van der Waals surface area contributed by atoms with Crippen molar-refractivity contribution < 1.29 is 40.8 Å². The van der Waals surface area contributed by atoms with Crippen LogP contribution in [0.4, 0.5) is 18.0 Å². The maximum Gasteiger partial charge on any atom is 0.534 e. The normalized spacial score (nSPS) is 24.9. The van der Waals surface area contributed by atoms with Gasteiger partial charge >= 0.3 is 21.7 Å². The van der Waals surface area contributed by atoms with Crippen molar-refractivity contribution in [2.75, 3.05) is 13.0 Å². The quantitative estimate of drug-likeness (QED) is 0.572. The van der Waals surface area contributed by atoms with Crippen molar-refractivity contribution in [1.82, 2.24) is 4.90 Å². The number of hydrogen-bond donors (Lipinski definition) is 0. The Morgan fingerprint density at radius 3 is 2.38 bits per heavy atom. The number of halogens is 3. The van der Waals surface area contributed by atoms with Crippen LogP contribution < -0.4 is 0 Å². The van der Waals surface area contributed by atoms with Crippen LogP contribution >= 0.6 is 0 Å². The molecule has 0 radical (unpaired) electrons. The number of amides is 1. The van der Waals surface area contributed by atoms with Crippen molar-refractivity contribution in [2.45, 2.75) is 38.3 Å². The molecule has 0 aliphatic carbocycles. The van der Waals surface area contributed by atoms with Crippen molar-refractivity contribution in [2.24, 2.45) is 0 Å². The lowest BCUT2D eigenvalue weighted by molar-refractivity contribution is -0.0525. The van der Waals surface area contributed by atoms with Gasteiger partial charge in [-0.15, -0.1) is 0 Å². The van der Waals surface area contributed by atoms with Gasteiger partial charge in [-0.05, 0) is 26.8 Å². The predicted octanol–water partition coefficient (Wildman–Crippen LogP) is 2.38. The second-order valence-corrected chi connectivity index (χ2v) is 6.41. The molecule has 0 saturated carbocycles. The molecular formula is C11H16F3NO5S. The van der Waals surface area contributed by atoms with Crippen LogP contribution in [-0.2, 0) is 19.0 Å². The Labute approximate surface area is 126 Å². The fourth-order valence-electron chi connectivity index (χ4n) is 1.06. The van der Waals surface area contributed by atoms with Crippen molar-refractivity contribution in [3.63, 3.8) is 0 Å². The van der Waals surface area contributed by atoms with Gasteiger partial charge in [0.2, 0.25) is 0 Å². The van der Waals surface area contributed by atoms with E-state index in [1.54, 1.807) is 0 Å². The largest absolute Gasteiger partial charge is 0.534 e. The van der Waals surface area contributed by atoms with E-state index in [0.717, 1.165) is 0 Å². The number of carbonyl (C=O) groups excluding carboxylic acids is 1. The third-order valence-electron chi connectivity index (χ3n) is 1.84. The van der Waals surface area contributed by atoms with Gasteiger partial charge < -0.3 is 13.8 Å². The van der Waals surface area contributed by atoms with E-state index in [1.165, 1.54) is 20.8 Å². The Morgan fingerprint density at radius 2 is 1.95 bits per heavy atom. The highest BCUT2D eigenvalue weighted by Crippen LogP contribution is 2.28. The van der Waals surface area contributed by atoms with Gasteiger partial charge in [-0.1, -0.05) is 0 Å². The van der Waals surface area contributed by atoms with Gasteiger partial charge in [-0.2, -0.15) is 21.6 Å².